The number of esters is 1. The van der Waals surface area contributed by atoms with Gasteiger partial charge in [0.05, 0.1) is 7.11 Å². The molecule has 0 unspecified atom stereocenters. The van der Waals surface area contributed by atoms with Gasteiger partial charge in [-0.2, -0.15) is 0 Å². The van der Waals surface area contributed by atoms with Crippen molar-refractivity contribution in [2.45, 2.75) is 6.54 Å². The smallest absolute Gasteiger partial charge is 0.341 e. The Bertz CT molecular complexity index is 980. The molecule has 0 atom stereocenters. The van der Waals surface area contributed by atoms with Crippen LogP contribution in [0, 0.1) is 0 Å². The number of nitrogens with zero attached hydrogens (tertiary/aromatic N) is 2. The van der Waals surface area contributed by atoms with Crippen LogP contribution in [-0.2, 0) is 11.3 Å². The maximum absolute atomic E-state index is 12.1. The number of anilines is 1. The number of ether oxygens (including phenoxy) is 1. The molecular weight excluding hydrogens is 352 g/mol. The second-order valence-corrected chi connectivity index (χ2v) is 7.06. The van der Waals surface area contributed by atoms with Crippen LogP contribution in [0.2, 0.25) is 0 Å². The maximum atomic E-state index is 12.1. The minimum Gasteiger partial charge on any atom is -0.507 e. The van der Waals surface area contributed by atoms with E-state index in [0.29, 0.717) is 6.54 Å². The molecular formula is C23H24N2O3. The molecule has 0 saturated carbocycles. The van der Waals surface area contributed by atoms with Gasteiger partial charge in [-0.3, -0.25) is 4.90 Å². The van der Waals surface area contributed by atoms with E-state index in [1.54, 1.807) is 6.07 Å². The molecule has 1 fully saturated rings. The zero-order valence-electron chi connectivity index (χ0n) is 16.0. The van der Waals surface area contributed by atoms with Crippen molar-refractivity contribution in [2.24, 2.45) is 0 Å². The van der Waals surface area contributed by atoms with Crippen LogP contribution in [-0.4, -0.2) is 49.3 Å². The van der Waals surface area contributed by atoms with Gasteiger partial charge < -0.3 is 14.7 Å². The zero-order chi connectivity index (χ0) is 19.5. The first kappa shape index (κ1) is 18.3. The number of methoxy groups -OCH3 is 1. The summed E-state index contributed by atoms with van der Waals surface area (Å²) in [5, 5.41) is 12.7. The average molecular weight is 376 g/mol. The van der Waals surface area contributed by atoms with Crippen LogP contribution in [0.3, 0.4) is 0 Å². The lowest BCUT2D eigenvalue weighted by Gasteiger charge is -2.36. The van der Waals surface area contributed by atoms with Gasteiger partial charge in [-0.15, -0.1) is 0 Å². The van der Waals surface area contributed by atoms with Gasteiger partial charge in [-0.25, -0.2) is 4.79 Å². The van der Waals surface area contributed by atoms with E-state index in [1.807, 2.05) is 30.3 Å². The highest BCUT2D eigenvalue weighted by atomic mass is 16.5. The molecule has 5 heteroatoms. The molecule has 4 rings (SSSR count). The van der Waals surface area contributed by atoms with E-state index in [4.69, 9.17) is 4.74 Å². The highest BCUT2D eigenvalue weighted by molar-refractivity contribution is 6.00. The molecule has 0 spiro atoms. The molecule has 1 saturated heterocycles. The maximum Gasteiger partial charge on any atom is 0.341 e. The molecule has 0 aliphatic carbocycles. The summed E-state index contributed by atoms with van der Waals surface area (Å²) in [5.41, 5.74) is 2.24. The topological polar surface area (TPSA) is 53.0 Å². The summed E-state index contributed by atoms with van der Waals surface area (Å²) in [7, 11) is 1.33. The van der Waals surface area contributed by atoms with Gasteiger partial charge in [0.1, 0.15) is 11.3 Å². The molecule has 1 aliphatic rings. The SMILES string of the molecule is COC(=O)c1cc2ccccc2c(CN2CCN(c3ccccc3)CC2)c1O. The van der Waals surface area contributed by atoms with Crippen molar-refractivity contribution in [3.8, 4) is 5.75 Å². The number of rotatable bonds is 4. The zero-order valence-corrected chi connectivity index (χ0v) is 16.0. The van der Waals surface area contributed by atoms with Gasteiger partial charge in [0.2, 0.25) is 0 Å². The average Bonchev–Trinajstić information content (AvgIpc) is 2.76. The minimum absolute atomic E-state index is 0.0241. The van der Waals surface area contributed by atoms with Crippen molar-refractivity contribution in [1.82, 2.24) is 4.90 Å². The predicted molar refractivity (Wildman–Crippen MR) is 111 cm³/mol. The summed E-state index contributed by atoms with van der Waals surface area (Å²) >= 11 is 0. The molecule has 0 aromatic heterocycles. The number of phenolic OH excluding ortho intramolecular Hbond substituents is 1. The number of hydrogen-bond donors (Lipinski definition) is 1. The highest BCUT2D eigenvalue weighted by Gasteiger charge is 2.22. The Balaban J connectivity index is 1.58. The molecule has 1 aliphatic heterocycles. The number of hydrogen-bond acceptors (Lipinski definition) is 5. The van der Waals surface area contributed by atoms with Gasteiger partial charge in [-0.1, -0.05) is 42.5 Å². The second kappa shape index (κ2) is 7.90. The Hall–Kier alpha value is -3.05. The highest BCUT2D eigenvalue weighted by Crippen LogP contribution is 2.33. The third-order valence-corrected chi connectivity index (χ3v) is 5.41. The third kappa shape index (κ3) is 3.53. The first-order valence-corrected chi connectivity index (χ1v) is 9.51. The van der Waals surface area contributed by atoms with E-state index in [9.17, 15) is 9.90 Å². The summed E-state index contributed by atoms with van der Waals surface area (Å²) in [6, 6.07) is 20.0. The normalized spacial score (nSPS) is 15.0. The Labute approximate surface area is 164 Å². The molecule has 1 heterocycles. The molecule has 28 heavy (non-hydrogen) atoms. The lowest BCUT2D eigenvalue weighted by atomic mass is 9.98. The third-order valence-electron chi connectivity index (χ3n) is 5.41. The summed E-state index contributed by atoms with van der Waals surface area (Å²) in [4.78, 5) is 16.8. The number of carbonyl (C=O) groups excluding carboxylic acids is 1. The fraction of sp³-hybridized carbons (Fsp3) is 0.261. The number of phenols is 1. The van der Waals surface area contributed by atoms with E-state index < -0.39 is 5.97 Å². The standard InChI is InChI=1S/C23H24N2O3/c1-28-23(27)20-15-17-7-5-6-10-19(17)21(22(20)26)16-24-11-13-25(14-12-24)18-8-3-2-4-9-18/h2-10,15,26H,11-14,16H2,1H3. The Morgan fingerprint density at radius 1 is 1.00 bits per heavy atom. The van der Waals surface area contributed by atoms with Crippen molar-refractivity contribution in [3.05, 3.63) is 71.8 Å². The summed E-state index contributed by atoms with van der Waals surface area (Å²) < 4.78 is 4.85. The van der Waals surface area contributed by atoms with Crippen molar-refractivity contribution in [3.63, 3.8) is 0 Å². The van der Waals surface area contributed by atoms with Gasteiger partial charge in [-0.05, 0) is 29.0 Å². The van der Waals surface area contributed by atoms with Crippen LogP contribution < -0.4 is 4.90 Å². The number of benzene rings is 3. The van der Waals surface area contributed by atoms with Crippen LogP contribution in [0.5, 0.6) is 5.75 Å². The van der Waals surface area contributed by atoms with E-state index >= 15 is 0 Å². The molecule has 0 amide bonds. The van der Waals surface area contributed by atoms with Crippen molar-refractivity contribution in [2.75, 3.05) is 38.2 Å². The lowest BCUT2D eigenvalue weighted by Crippen LogP contribution is -2.46. The van der Waals surface area contributed by atoms with E-state index in [2.05, 4.69) is 34.1 Å². The molecule has 1 N–H and O–H groups in total. The number of aromatic hydroxyl groups is 1. The molecule has 3 aromatic carbocycles. The first-order chi connectivity index (χ1) is 13.7. The van der Waals surface area contributed by atoms with Gasteiger partial charge in [0, 0.05) is 44.0 Å². The fourth-order valence-electron chi connectivity index (χ4n) is 3.86. The largest absolute Gasteiger partial charge is 0.507 e. The number of para-hydroxylation sites is 1. The molecule has 0 radical (unpaired) electrons. The van der Waals surface area contributed by atoms with Gasteiger partial charge >= 0.3 is 5.97 Å². The Kier molecular flexibility index (Phi) is 5.17. The second-order valence-electron chi connectivity index (χ2n) is 7.06. The van der Waals surface area contributed by atoms with E-state index in [1.165, 1.54) is 12.8 Å². The van der Waals surface area contributed by atoms with E-state index in [-0.39, 0.29) is 11.3 Å². The lowest BCUT2D eigenvalue weighted by molar-refractivity contribution is 0.0597. The monoisotopic (exact) mass is 376 g/mol. The first-order valence-electron chi connectivity index (χ1n) is 9.51. The quantitative estimate of drug-likeness (QED) is 0.705. The van der Waals surface area contributed by atoms with Crippen LogP contribution in [0.25, 0.3) is 10.8 Å². The van der Waals surface area contributed by atoms with Gasteiger partial charge in [0.25, 0.3) is 0 Å². The van der Waals surface area contributed by atoms with Crippen LogP contribution >= 0.6 is 0 Å². The fourth-order valence-corrected chi connectivity index (χ4v) is 3.86. The minimum atomic E-state index is -0.515. The molecule has 5 nitrogen and oxygen atoms in total. The van der Waals surface area contributed by atoms with Gasteiger partial charge in [0.15, 0.2) is 0 Å². The molecule has 3 aromatic rings. The summed E-state index contributed by atoms with van der Waals surface area (Å²) in [6.07, 6.45) is 0. The Morgan fingerprint density at radius 2 is 1.68 bits per heavy atom. The molecule has 144 valence electrons. The van der Waals surface area contributed by atoms with Crippen molar-refractivity contribution in [1.29, 1.82) is 0 Å². The summed E-state index contributed by atoms with van der Waals surface area (Å²) in [5.74, 6) is -0.491. The number of piperazine rings is 1. The van der Waals surface area contributed by atoms with Crippen LogP contribution in [0.15, 0.2) is 60.7 Å². The van der Waals surface area contributed by atoms with E-state index in [0.717, 1.165) is 42.5 Å². The summed E-state index contributed by atoms with van der Waals surface area (Å²) in [6.45, 7) is 4.24. The van der Waals surface area contributed by atoms with Crippen LogP contribution in [0.1, 0.15) is 15.9 Å². The number of fused-ring (bicyclic) bond motifs is 1. The number of carbonyl (C=O) groups is 1. The van der Waals surface area contributed by atoms with Crippen molar-refractivity contribution >= 4 is 22.4 Å². The Morgan fingerprint density at radius 3 is 2.39 bits per heavy atom. The predicted octanol–water partition coefficient (Wildman–Crippen LogP) is 3.65. The molecule has 0 bridgehead atoms. The van der Waals surface area contributed by atoms with Crippen molar-refractivity contribution < 1.29 is 14.6 Å². The van der Waals surface area contributed by atoms with Crippen LogP contribution in [0.4, 0.5) is 5.69 Å².